The number of hydrogen-bond acceptors (Lipinski definition) is 7. The average molecular weight is 447 g/mol. The number of carbonyl (C=O) groups is 1. The molecule has 32 heavy (non-hydrogen) atoms. The maximum absolute atomic E-state index is 12.8. The SMILES string of the molecule is CCC(Oc1ccc(C(=O)Nc2nnc(-c3ccncc3)s2)cc1OC)c1ccccc1. The molecular weight excluding hydrogens is 424 g/mol. The lowest BCUT2D eigenvalue weighted by atomic mass is 10.1. The highest BCUT2D eigenvalue weighted by Gasteiger charge is 2.17. The van der Waals surface area contributed by atoms with Crippen LogP contribution < -0.4 is 14.8 Å². The molecule has 1 unspecified atom stereocenters. The van der Waals surface area contributed by atoms with Crippen molar-refractivity contribution in [3.63, 3.8) is 0 Å². The van der Waals surface area contributed by atoms with Gasteiger partial charge in [-0.2, -0.15) is 0 Å². The molecule has 0 aliphatic carbocycles. The highest BCUT2D eigenvalue weighted by atomic mass is 32.1. The van der Waals surface area contributed by atoms with Gasteiger partial charge in [0.1, 0.15) is 11.1 Å². The van der Waals surface area contributed by atoms with Gasteiger partial charge in [-0.05, 0) is 42.3 Å². The summed E-state index contributed by atoms with van der Waals surface area (Å²) in [5.41, 5.74) is 2.41. The first-order valence-corrected chi connectivity index (χ1v) is 10.9. The molecule has 2 aromatic heterocycles. The summed E-state index contributed by atoms with van der Waals surface area (Å²) in [7, 11) is 1.55. The largest absolute Gasteiger partial charge is 0.493 e. The number of nitrogens with one attached hydrogen (secondary N) is 1. The summed E-state index contributed by atoms with van der Waals surface area (Å²) in [5, 5.41) is 12.1. The zero-order valence-corrected chi connectivity index (χ0v) is 18.5. The number of amides is 1. The summed E-state index contributed by atoms with van der Waals surface area (Å²) in [6, 6.07) is 18.8. The molecule has 0 aliphatic heterocycles. The van der Waals surface area contributed by atoms with Crippen molar-refractivity contribution in [1.29, 1.82) is 0 Å². The van der Waals surface area contributed by atoms with Crippen LogP contribution in [0, 0.1) is 0 Å². The molecule has 0 radical (unpaired) electrons. The van der Waals surface area contributed by atoms with E-state index in [1.54, 1.807) is 37.7 Å². The Bertz CT molecular complexity index is 1180. The van der Waals surface area contributed by atoms with Crippen molar-refractivity contribution in [1.82, 2.24) is 15.2 Å². The van der Waals surface area contributed by atoms with Crippen LogP contribution in [0.15, 0.2) is 73.1 Å². The van der Waals surface area contributed by atoms with Gasteiger partial charge >= 0.3 is 0 Å². The lowest BCUT2D eigenvalue weighted by Gasteiger charge is -2.20. The van der Waals surface area contributed by atoms with Gasteiger partial charge in [-0.3, -0.25) is 15.1 Å². The van der Waals surface area contributed by atoms with Crippen LogP contribution in [0.3, 0.4) is 0 Å². The fourth-order valence-corrected chi connectivity index (χ4v) is 3.91. The molecule has 1 amide bonds. The van der Waals surface area contributed by atoms with E-state index < -0.39 is 0 Å². The molecule has 2 aromatic carbocycles. The second-order valence-electron chi connectivity index (χ2n) is 6.89. The van der Waals surface area contributed by atoms with Gasteiger partial charge in [-0.1, -0.05) is 48.6 Å². The number of ether oxygens (including phenoxy) is 2. The summed E-state index contributed by atoms with van der Waals surface area (Å²) >= 11 is 1.29. The molecule has 1 N–H and O–H groups in total. The first kappa shape index (κ1) is 21.5. The predicted molar refractivity (Wildman–Crippen MR) is 124 cm³/mol. The Morgan fingerprint density at radius 1 is 1.03 bits per heavy atom. The minimum Gasteiger partial charge on any atom is -0.493 e. The zero-order valence-electron chi connectivity index (χ0n) is 17.7. The molecule has 4 rings (SSSR count). The molecule has 0 spiro atoms. The predicted octanol–water partition coefficient (Wildman–Crippen LogP) is 5.39. The molecular formula is C24H22N4O3S. The second-order valence-corrected chi connectivity index (χ2v) is 7.87. The van der Waals surface area contributed by atoms with Crippen molar-refractivity contribution in [2.45, 2.75) is 19.4 Å². The quantitative estimate of drug-likeness (QED) is 0.390. The highest BCUT2D eigenvalue weighted by Crippen LogP contribution is 2.34. The number of pyridine rings is 1. The molecule has 0 fully saturated rings. The van der Waals surface area contributed by atoms with Crippen LogP contribution in [-0.4, -0.2) is 28.2 Å². The van der Waals surface area contributed by atoms with E-state index in [2.05, 4.69) is 27.4 Å². The molecule has 162 valence electrons. The number of anilines is 1. The number of nitrogens with zero attached hydrogens (tertiary/aromatic N) is 3. The third-order valence-corrected chi connectivity index (χ3v) is 5.70. The maximum atomic E-state index is 12.8. The molecule has 7 nitrogen and oxygen atoms in total. The third-order valence-electron chi connectivity index (χ3n) is 4.81. The molecule has 2 heterocycles. The number of carbonyl (C=O) groups excluding carboxylic acids is 1. The second kappa shape index (κ2) is 10.0. The summed E-state index contributed by atoms with van der Waals surface area (Å²) in [4.78, 5) is 16.8. The average Bonchev–Trinajstić information content (AvgIpc) is 3.32. The van der Waals surface area contributed by atoms with Gasteiger partial charge in [0.2, 0.25) is 5.13 Å². The minimum atomic E-state index is -0.303. The fraction of sp³-hybridized carbons (Fsp3) is 0.167. The van der Waals surface area contributed by atoms with E-state index in [1.165, 1.54) is 11.3 Å². The van der Waals surface area contributed by atoms with Crippen LogP contribution in [0.25, 0.3) is 10.6 Å². The van der Waals surface area contributed by atoms with E-state index in [9.17, 15) is 4.79 Å². The van der Waals surface area contributed by atoms with E-state index in [0.29, 0.717) is 27.2 Å². The number of benzene rings is 2. The van der Waals surface area contributed by atoms with Crippen LogP contribution in [0.4, 0.5) is 5.13 Å². The van der Waals surface area contributed by atoms with Crippen LogP contribution in [0.2, 0.25) is 0 Å². The smallest absolute Gasteiger partial charge is 0.257 e. The highest BCUT2D eigenvalue weighted by molar-refractivity contribution is 7.18. The van der Waals surface area contributed by atoms with E-state index in [4.69, 9.17) is 9.47 Å². The number of hydrogen-bond donors (Lipinski definition) is 1. The van der Waals surface area contributed by atoms with Crippen LogP contribution >= 0.6 is 11.3 Å². The first-order chi connectivity index (χ1) is 15.7. The van der Waals surface area contributed by atoms with Crippen molar-refractivity contribution >= 4 is 22.4 Å². The van der Waals surface area contributed by atoms with Gasteiger partial charge in [0.25, 0.3) is 5.91 Å². The molecule has 4 aromatic rings. The summed E-state index contributed by atoms with van der Waals surface area (Å²) in [5.74, 6) is 0.764. The molecule has 0 saturated carbocycles. The molecule has 1 atom stereocenters. The summed E-state index contributed by atoms with van der Waals surface area (Å²) in [6.45, 7) is 2.06. The summed E-state index contributed by atoms with van der Waals surface area (Å²) < 4.78 is 11.7. The van der Waals surface area contributed by atoms with Gasteiger partial charge in [0, 0.05) is 23.5 Å². The van der Waals surface area contributed by atoms with Crippen molar-refractivity contribution in [2.75, 3.05) is 12.4 Å². The standard InChI is InChI=1S/C24H22N4O3S/c1-3-19(16-7-5-4-6-8-16)31-20-10-9-18(15-21(20)30-2)22(29)26-24-28-27-23(32-24)17-11-13-25-14-12-17/h4-15,19H,3H2,1-2H3,(H,26,28,29). The lowest BCUT2D eigenvalue weighted by Crippen LogP contribution is -2.12. The summed E-state index contributed by atoms with van der Waals surface area (Å²) in [6.07, 6.45) is 4.06. The van der Waals surface area contributed by atoms with Crippen LogP contribution in [0.1, 0.15) is 35.4 Å². The van der Waals surface area contributed by atoms with Gasteiger partial charge in [-0.25, -0.2) is 0 Å². The van der Waals surface area contributed by atoms with E-state index >= 15 is 0 Å². The topological polar surface area (TPSA) is 86.2 Å². The fourth-order valence-electron chi connectivity index (χ4n) is 3.17. The Balaban J connectivity index is 1.48. The van der Waals surface area contributed by atoms with Crippen molar-refractivity contribution in [3.8, 4) is 22.1 Å². The van der Waals surface area contributed by atoms with Crippen molar-refractivity contribution in [3.05, 3.63) is 84.2 Å². The Kier molecular flexibility index (Phi) is 6.72. The molecule has 8 heteroatoms. The van der Waals surface area contributed by atoms with Crippen molar-refractivity contribution < 1.29 is 14.3 Å². The van der Waals surface area contributed by atoms with Crippen LogP contribution in [0.5, 0.6) is 11.5 Å². The third kappa shape index (κ3) is 4.92. The lowest BCUT2D eigenvalue weighted by molar-refractivity contribution is 0.102. The Morgan fingerprint density at radius 3 is 2.53 bits per heavy atom. The van der Waals surface area contributed by atoms with E-state index in [1.807, 2.05) is 42.5 Å². The van der Waals surface area contributed by atoms with Crippen molar-refractivity contribution in [2.24, 2.45) is 0 Å². The van der Waals surface area contributed by atoms with Gasteiger partial charge in [0.15, 0.2) is 11.5 Å². The normalized spacial score (nSPS) is 11.6. The number of aromatic nitrogens is 3. The minimum absolute atomic E-state index is 0.113. The van der Waals surface area contributed by atoms with Crippen LogP contribution in [-0.2, 0) is 0 Å². The number of methoxy groups -OCH3 is 1. The Morgan fingerprint density at radius 2 is 1.81 bits per heavy atom. The maximum Gasteiger partial charge on any atom is 0.257 e. The zero-order chi connectivity index (χ0) is 22.3. The molecule has 0 aliphatic rings. The molecule has 0 bridgehead atoms. The molecule has 0 saturated heterocycles. The Hall–Kier alpha value is -3.78. The number of rotatable bonds is 8. The van der Waals surface area contributed by atoms with E-state index in [0.717, 1.165) is 17.5 Å². The van der Waals surface area contributed by atoms with Gasteiger partial charge in [-0.15, -0.1) is 10.2 Å². The van der Waals surface area contributed by atoms with E-state index in [-0.39, 0.29) is 12.0 Å². The van der Waals surface area contributed by atoms with Gasteiger partial charge < -0.3 is 9.47 Å². The first-order valence-electron chi connectivity index (χ1n) is 10.1. The van der Waals surface area contributed by atoms with Gasteiger partial charge in [0.05, 0.1) is 7.11 Å². The monoisotopic (exact) mass is 446 g/mol. The Labute approximate surface area is 190 Å².